The molecule has 3 aromatic rings. The molecule has 2 amide bonds. The second-order valence-corrected chi connectivity index (χ2v) is 7.30. The summed E-state index contributed by atoms with van der Waals surface area (Å²) in [4.78, 5) is 29.4. The van der Waals surface area contributed by atoms with E-state index in [1.807, 2.05) is 36.4 Å². The first-order chi connectivity index (χ1) is 14.1. The number of nitrogens with one attached hydrogen (secondary N) is 2. The largest absolute Gasteiger partial charge is 0.497 e. The van der Waals surface area contributed by atoms with Gasteiger partial charge < -0.3 is 15.4 Å². The van der Waals surface area contributed by atoms with Crippen LogP contribution in [0.5, 0.6) is 5.75 Å². The lowest BCUT2D eigenvalue weighted by molar-refractivity contribution is -0.136. The first-order valence-electron chi connectivity index (χ1n) is 9.72. The Morgan fingerprint density at radius 3 is 2.72 bits per heavy atom. The molecule has 1 aromatic heterocycles. The van der Waals surface area contributed by atoms with E-state index in [-0.39, 0.29) is 6.04 Å². The van der Waals surface area contributed by atoms with Crippen molar-refractivity contribution in [2.75, 3.05) is 12.4 Å². The molecule has 1 fully saturated rings. The van der Waals surface area contributed by atoms with E-state index in [1.165, 1.54) is 0 Å². The van der Waals surface area contributed by atoms with Crippen molar-refractivity contribution in [1.82, 2.24) is 10.3 Å². The van der Waals surface area contributed by atoms with Gasteiger partial charge in [-0.1, -0.05) is 18.2 Å². The molecule has 2 N–H and O–H groups in total. The molecule has 0 aliphatic heterocycles. The SMILES string of the molecule is COc1cccc(C[C@@H](NC(=O)C(=O)Nc2cccc3ncccc23)C2CC2)c1. The number of methoxy groups -OCH3 is 1. The number of amides is 2. The zero-order chi connectivity index (χ0) is 20.2. The molecule has 4 rings (SSSR count). The summed E-state index contributed by atoms with van der Waals surface area (Å²) in [6.45, 7) is 0. The summed E-state index contributed by atoms with van der Waals surface area (Å²) < 4.78 is 5.28. The van der Waals surface area contributed by atoms with Gasteiger partial charge in [0.1, 0.15) is 5.75 Å². The number of nitrogens with zero attached hydrogens (tertiary/aromatic N) is 1. The third-order valence-corrected chi connectivity index (χ3v) is 5.20. The van der Waals surface area contributed by atoms with Gasteiger partial charge in [-0.3, -0.25) is 14.6 Å². The number of hydrogen-bond acceptors (Lipinski definition) is 4. The second-order valence-electron chi connectivity index (χ2n) is 7.30. The number of benzene rings is 2. The molecule has 0 unspecified atom stereocenters. The molecule has 148 valence electrons. The van der Waals surface area contributed by atoms with Crippen LogP contribution in [-0.4, -0.2) is 29.9 Å². The van der Waals surface area contributed by atoms with Gasteiger partial charge in [0, 0.05) is 17.6 Å². The molecule has 29 heavy (non-hydrogen) atoms. The third-order valence-electron chi connectivity index (χ3n) is 5.20. The maximum atomic E-state index is 12.6. The minimum atomic E-state index is -0.669. The van der Waals surface area contributed by atoms with Gasteiger partial charge in [0.15, 0.2) is 0 Å². The molecule has 2 aromatic carbocycles. The summed E-state index contributed by atoms with van der Waals surface area (Å²) in [5.41, 5.74) is 2.41. The lowest BCUT2D eigenvalue weighted by Gasteiger charge is -2.18. The van der Waals surface area contributed by atoms with Crippen molar-refractivity contribution < 1.29 is 14.3 Å². The highest BCUT2D eigenvalue weighted by molar-refractivity contribution is 6.40. The van der Waals surface area contributed by atoms with E-state index < -0.39 is 11.8 Å². The van der Waals surface area contributed by atoms with Crippen LogP contribution in [0.25, 0.3) is 10.9 Å². The Bertz CT molecular complexity index is 1040. The normalized spacial score (nSPS) is 14.2. The van der Waals surface area contributed by atoms with Crippen LogP contribution < -0.4 is 15.4 Å². The van der Waals surface area contributed by atoms with Crippen LogP contribution >= 0.6 is 0 Å². The van der Waals surface area contributed by atoms with Gasteiger partial charge in [0.05, 0.1) is 18.3 Å². The molecule has 6 nitrogen and oxygen atoms in total. The number of rotatable bonds is 6. The maximum absolute atomic E-state index is 12.6. The van der Waals surface area contributed by atoms with Gasteiger partial charge in [0.2, 0.25) is 0 Å². The number of carbonyl (C=O) groups excluding carboxylic acids is 2. The van der Waals surface area contributed by atoms with Crippen molar-refractivity contribution >= 4 is 28.4 Å². The number of aromatic nitrogens is 1. The molecule has 1 aliphatic carbocycles. The standard InChI is InChI=1S/C23H23N3O3/c1-29-17-6-2-5-15(13-17)14-21(16-10-11-16)26-23(28)22(27)25-20-9-3-8-19-18(20)7-4-12-24-19/h2-9,12-13,16,21H,10-11,14H2,1H3,(H,25,27)(H,26,28)/t21-/m1/s1. The third kappa shape index (κ3) is 4.54. The molecule has 6 heteroatoms. The number of anilines is 1. The summed E-state index contributed by atoms with van der Waals surface area (Å²) in [6.07, 6.45) is 4.48. The number of fused-ring (bicyclic) bond motifs is 1. The van der Waals surface area contributed by atoms with Crippen LogP contribution in [0.1, 0.15) is 18.4 Å². The van der Waals surface area contributed by atoms with Crippen molar-refractivity contribution in [1.29, 1.82) is 0 Å². The molecule has 0 saturated heterocycles. The molecular weight excluding hydrogens is 366 g/mol. The van der Waals surface area contributed by atoms with Crippen LogP contribution in [-0.2, 0) is 16.0 Å². The topological polar surface area (TPSA) is 80.3 Å². The maximum Gasteiger partial charge on any atom is 0.313 e. The first kappa shape index (κ1) is 18.9. The average Bonchev–Trinajstić information content (AvgIpc) is 3.59. The van der Waals surface area contributed by atoms with E-state index in [0.717, 1.165) is 35.1 Å². The summed E-state index contributed by atoms with van der Waals surface area (Å²) >= 11 is 0. The highest BCUT2D eigenvalue weighted by Crippen LogP contribution is 2.34. The minimum Gasteiger partial charge on any atom is -0.497 e. The fourth-order valence-corrected chi connectivity index (χ4v) is 3.51. The minimum absolute atomic E-state index is 0.0745. The molecule has 1 heterocycles. The smallest absolute Gasteiger partial charge is 0.313 e. The highest BCUT2D eigenvalue weighted by Gasteiger charge is 2.33. The van der Waals surface area contributed by atoms with E-state index in [1.54, 1.807) is 31.5 Å². The zero-order valence-electron chi connectivity index (χ0n) is 16.2. The van der Waals surface area contributed by atoms with Crippen LogP contribution in [0.4, 0.5) is 5.69 Å². The van der Waals surface area contributed by atoms with Gasteiger partial charge >= 0.3 is 11.8 Å². The molecule has 1 aliphatic rings. The summed E-state index contributed by atoms with van der Waals surface area (Å²) in [6, 6.07) is 16.8. The molecule has 0 spiro atoms. The van der Waals surface area contributed by atoms with Crippen molar-refractivity contribution in [2.45, 2.75) is 25.3 Å². The average molecular weight is 389 g/mol. The van der Waals surface area contributed by atoms with Gasteiger partial charge in [-0.15, -0.1) is 0 Å². The zero-order valence-corrected chi connectivity index (χ0v) is 16.2. The lowest BCUT2D eigenvalue weighted by atomic mass is 10.0. The first-order valence-corrected chi connectivity index (χ1v) is 9.72. The summed E-state index contributed by atoms with van der Waals surface area (Å²) in [5.74, 6) is -0.103. The Morgan fingerprint density at radius 1 is 1.10 bits per heavy atom. The molecule has 0 bridgehead atoms. The van der Waals surface area contributed by atoms with Gasteiger partial charge in [-0.2, -0.15) is 0 Å². The lowest BCUT2D eigenvalue weighted by Crippen LogP contribution is -2.44. The van der Waals surface area contributed by atoms with Crippen LogP contribution in [0.2, 0.25) is 0 Å². The van der Waals surface area contributed by atoms with Crippen LogP contribution in [0.3, 0.4) is 0 Å². The van der Waals surface area contributed by atoms with E-state index in [4.69, 9.17) is 4.74 Å². The van der Waals surface area contributed by atoms with E-state index in [0.29, 0.717) is 18.0 Å². The van der Waals surface area contributed by atoms with Crippen LogP contribution in [0.15, 0.2) is 60.8 Å². The summed E-state index contributed by atoms with van der Waals surface area (Å²) in [7, 11) is 1.63. The van der Waals surface area contributed by atoms with Crippen molar-refractivity contribution in [3.63, 3.8) is 0 Å². The van der Waals surface area contributed by atoms with Crippen molar-refractivity contribution in [2.24, 2.45) is 5.92 Å². The van der Waals surface area contributed by atoms with E-state index in [2.05, 4.69) is 15.6 Å². The highest BCUT2D eigenvalue weighted by atomic mass is 16.5. The number of pyridine rings is 1. The second kappa shape index (κ2) is 8.31. The Balaban J connectivity index is 1.44. The quantitative estimate of drug-likeness (QED) is 0.634. The Morgan fingerprint density at radius 2 is 1.93 bits per heavy atom. The van der Waals surface area contributed by atoms with Crippen molar-refractivity contribution in [3.8, 4) is 5.75 Å². The Kier molecular flexibility index (Phi) is 5.42. The fourth-order valence-electron chi connectivity index (χ4n) is 3.51. The van der Waals surface area contributed by atoms with Gasteiger partial charge in [-0.25, -0.2) is 0 Å². The number of hydrogen-bond donors (Lipinski definition) is 2. The molecule has 0 radical (unpaired) electrons. The number of ether oxygens (including phenoxy) is 1. The summed E-state index contributed by atoms with van der Waals surface area (Å²) in [5, 5.41) is 6.44. The molecular formula is C23H23N3O3. The van der Waals surface area contributed by atoms with Crippen molar-refractivity contribution in [3.05, 3.63) is 66.4 Å². The predicted molar refractivity (Wildman–Crippen MR) is 112 cm³/mol. The molecule has 1 saturated carbocycles. The van der Waals surface area contributed by atoms with Gasteiger partial charge in [0.25, 0.3) is 0 Å². The Labute approximate surface area is 169 Å². The van der Waals surface area contributed by atoms with Crippen LogP contribution in [0, 0.1) is 5.92 Å². The monoisotopic (exact) mass is 389 g/mol. The Hall–Kier alpha value is -3.41. The van der Waals surface area contributed by atoms with E-state index in [9.17, 15) is 9.59 Å². The predicted octanol–water partition coefficient (Wildman–Crippen LogP) is 3.32. The molecule has 1 atom stereocenters. The van der Waals surface area contributed by atoms with E-state index >= 15 is 0 Å². The fraction of sp³-hybridized carbons (Fsp3) is 0.261. The van der Waals surface area contributed by atoms with Gasteiger partial charge in [-0.05, 0) is 67.1 Å². The number of carbonyl (C=O) groups is 2.